The average Bonchev–Trinajstić information content (AvgIpc) is 3.01. The van der Waals surface area contributed by atoms with Gasteiger partial charge in [-0.2, -0.15) is 0 Å². The van der Waals surface area contributed by atoms with Crippen molar-refractivity contribution in [3.05, 3.63) is 0 Å². The van der Waals surface area contributed by atoms with Crippen LogP contribution in [-0.4, -0.2) is 169 Å². The van der Waals surface area contributed by atoms with Gasteiger partial charge in [-0.3, -0.25) is 4.79 Å². The summed E-state index contributed by atoms with van der Waals surface area (Å²) < 4.78 is 40.7. The maximum Gasteiger partial charge on any atom is 0.308 e. The summed E-state index contributed by atoms with van der Waals surface area (Å²) >= 11 is 0. The molecule has 252 valence electrons. The third-order valence-corrected chi connectivity index (χ3v) is 7.66. The first kappa shape index (κ1) is 34.7. The van der Waals surface area contributed by atoms with Crippen molar-refractivity contribution in [3.8, 4) is 0 Å². The van der Waals surface area contributed by atoms with E-state index in [1.807, 2.05) is 6.92 Å². The van der Waals surface area contributed by atoms with Crippen LogP contribution in [0.15, 0.2) is 0 Å². The van der Waals surface area contributed by atoms with E-state index in [2.05, 4.69) is 0 Å². The highest BCUT2D eigenvalue weighted by atomic mass is 16.8. The fraction of sp³-hybridized carbons (Fsp3) is 0.962. The largest absolute Gasteiger partial charge is 0.433 e. The van der Waals surface area contributed by atoms with Crippen LogP contribution in [0.4, 0.5) is 0 Å². The Morgan fingerprint density at radius 2 is 1.16 bits per heavy atom. The zero-order valence-electron chi connectivity index (χ0n) is 24.7. The van der Waals surface area contributed by atoms with E-state index in [1.165, 1.54) is 0 Å². The van der Waals surface area contributed by atoms with Crippen molar-refractivity contribution in [2.24, 2.45) is 0 Å². The van der Waals surface area contributed by atoms with Gasteiger partial charge in [-0.05, 0) is 6.42 Å². The normalized spacial score (nSPS) is 44.9. The Balaban J connectivity index is 1.76. The molecule has 17 heteroatoms. The highest BCUT2D eigenvalue weighted by molar-refractivity contribution is 5.69. The van der Waals surface area contributed by atoms with Gasteiger partial charge in [-0.1, -0.05) is 32.6 Å². The van der Waals surface area contributed by atoms with Crippen molar-refractivity contribution in [3.63, 3.8) is 0 Å². The quantitative estimate of drug-likeness (QED) is 0.0637. The van der Waals surface area contributed by atoms with Gasteiger partial charge in [0.25, 0.3) is 0 Å². The predicted molar refractivity (Wildman–Crippen MR) is 139 cm³/mol. The third kappa shape index (κ3) is 8.99. The number of esters is 1. The van der Waals surface area contributed by atoms with Crippen molar-refractivity contribution in [2.75, 3.05) is 19.8 Å². The Labute approximate surface area is 249 Å². The molecule has 0 aromatic rings. The van der Waals surface area contributed by atoms with Gasteiger partial charge in [0.2, 0.25) is 6.29 Å². The van der Waals surface area contributed by atoms with Crippen LogP contribution in [0.25, 0.3) is 0 Å². The summed E-state index contributed by atoms with van der Waals surface area (Å²) in [5, 5.41) is 101. The van der Waals surface area contributed by atoms with Crippen LogP contribution >= 0.6 is 0 Å². The lowest BCUT2D eigenvalue weighted by atomic mass is 9.97. The van der Waals surface area contributed by atoms with Gasteiger partial charge in [-0.25, -0.2) is 0 Å². The van der Waals surface area contributed by atoms with Crippen LogP contribution in [0, 0.1) is 0 Å². The number of rotatable bonds is 14. The van der Waals surface area contributed by atoms with Crippen LogP contribution in [0.1, 0.15) is 46.8 Å². The molecule has 0 saturated carbocycles. The molecular formula is C26H46O17. The van der Waals surface area contributed by atoms with Crippen LogP contribution < -0.4 is 0 Å². The molecule has 0 aliphatic carbocycles. The maximum absolute atomic E-state index is 12.8. The molecule has 3 aliphatic heterocycles. The number of ether oxygens (including phenoxy) is 6. The molecule has 17 nitrogen and oxygen atoms in total. The molecule has 0 radical (unpaired) electrons. The number of unbranched alkanes of at least 4 members (excludes halogenated alkanes) is 3. The van der Waals surface area contributed by atoms with Crippen molar-refractivity contribution in [2.45, 2.75) is 138 Å². The first-order valence-corrected chi connectivity index (χ1v) is 14.4. The topological polar surface area (TPSA) is 275 Å². The lowest BCUT2D eigenvalue weighted by Crippen LogP contribution is -2.65. The van der Waals surface area contributed by atoms with E-state index >= 15 is 0 Å². The number of hydrogen-bond donors (Lipinski definition) is 10. The van der Waals surface area contributed by atoms with E-state index in [1.54, 1.807) is 0 Å². The molecule has 0 aromatic heterocycles. The summed E-state index contributed by atoms with van der Waals surface area (Å²) in [5.41, 5.74) is 0. The second-order valence-corrected chi connectivity index (χ2v) is 10.8. The summed E-state index contributed by atoms with van der Waals surface area (Å²) in [5.74, 6) is -1.06. The van der Waals surface area contributed by atoms with E-state index in [9.17, 15) is 55.9 Å². The van der Waals surface area contributed by atoms with E-state index in [0.717, 1.165) is 19.3 Å². The van der Waals surface area contributed by atoms with Crippen molar-refractivity contribution < 1.29 is 85.7 Å². The molecule has 3 rings (SSSR count). The number of aliphatic hydroxyl groups excluding tert-OH is 10. The zero-order chi connectivity index (χ0) is 32.7. The molecular weight excluding hydrogens is 584 g/mol. The van der Waals surface area contributed by atoms with Gasteiger partial charge in [0.1, 0.15) is 67.1 Å². The monoisotopic (exact) mass is 631 g/mol. The van der Waals surface area contributed by atoms with Crippen LogP contribution in [0.2, 0.25) is 0 Å². The third-order valence-electron chi connectivity index (χ3n) is 7.66. The molecule has 16 atom stereocenters. The number of hydrogen-bond acceptors (Lipinski definition) is 17. The van der Waals surface area contributed by atoms with Crippen LogP contribution in [-0.2, 0) is 33.2 Å². The van der Waals surface area contributed by atoms with Crippen molar-refractivity contribution >= 4 is 5.97 Å². The number of carbonyl (C=O) groups excluding carboxylic acids is 1. The Morgan fingerprint density at radius 3 is 1.74 bits per heavy atom. The molecule has 0 amide bonds. The van der Waals surface area contributed by atoms with Crippen LogP contribution in [0.3, 0.4) is 0 Å². The molecule has 3 fully saturated rings. The van der Waals surface area contributed by atoms with Gasteiger partial charge >= 0.3 is 5.97 Å². The minimum Gasteiger partial charge on any atom is -0.433 e. The van der Waals surface area contributed by atoms with Gasteiger partial charge < -0.3 is 79.5 Å². The highest BCUT2D eigenvalue weighted by Gasteiger charge is 2.52. The van der Waals surface area contributed by atoms with E-state index in [4.69, 9.17) is 29.8 Å². The lowest BCUT2D eigenvalue weighted by molar-refractivity contribution is -0.367. The fourth-order valence-corrected chi connectivity index (χ4v) is 4.97. The van der Waals surface area contributed by atoms with Gasteiger partial charge in [0, 0.05) is 7.77 Å². The molecule has 10 N–H and O–H groups in total. The first-order chi connectivity index (χ1) is 20.9. The summed E-state index contributed by atoms with van der Waals surface area (Å²) in [7, 11) is 0. The molecule has 0 aromatic carbocycles. The Bertz CT molecular complexity index is 866. The summed E-state index contributed by atoms with van der Waals surface area (Å²) in [6.07, 6.45) is -23.8. The minimum absolute atomic E-state index is 0.151. The van der Waals surface area contributed by atoms with E-state index in [0.29, 0.717) is 6.42 Å². The van der Waals surface area contributed by atoms with E-state index in [-0.39, 0.29) is 6.42 Å². The summed E-state index contributed by atoms with van der Waals surface area (Å²) in [4.78, 5) is 12.8. The fourth-order valence-electron chi connectivity index (χ4n) is 4.97. The van der Waals surface area contributed by atoms with Gasteiger partial charge in [-0.15, -0.1) is 0 Å². The van der Waals surface area contributed by atoms with Crippen molar-refractivity contribution in [1.29, 1.82) is 0 Å². The lowest BCUT2D eigenvalue weighted by Gasteiger charge is -2.46. The second kappa shape index (κ2) is 17.0. The Hall–Kier alpha value is -1.13. The summed E-state index contributed by atoms with van der Waals surface area (Å²) in [6.45, 7) is -0.178. The zero-order valence-corrected chi connectivity index (χ0v) is 23.7. The molecule has 3 heterocycles. The Morgan fingerprint density at radius 1 is 0.651 bits per heavy atom. The average molecular weight is 632 g/mol. The van der Waals surface area contributed by atoms with E-state index < -0.39 is 124 Å². The highest BCUT2D eigenvalue weighted by Crippen LogP contribution is 2.31. The molecule has 43 heavy (non-hydrogen) atoms. The molecule has 0 spiro atoms. The maximum atomic E-state index is 12.8. The minimum atomic E-state index is -1.95. The standard InChI is InChI=1S/C26H46O17/c1-2-3-4-5-6-7-14(29)42-26-23(43-25-22(37)19(34)16(31)12(9-28)40-25)20(35)17(32)13(41-26)10-38-24-21(36)18(33)15(30)11(8-27)39-24/h11-13,15-28,30-37H,2-10H2,1H3/t11-,12-,13-,15-,16-,17-,18+,19+,20+,21-,22-,23-,24-,25+,26?/m1/s1/i7D/t7?,11-,12-,13-,15-,16-,17-,18+,19+,20+,21-,22-,23-,24-,25+,26?. The molecule has 2 unspecified atom stereocenters. The number of carbonyl (C=O) groups is 1. The van der Waals surface area contributed by atoms with Gasteiger partial charge in [0.15, 0.2) is 18.7 Å². The summed E-state index contributed by atoms with van der Waals surface area (Å²) in [6, 6.07) is 0. The van der Waals surface area contributed by atoms with Gasteiger partial charge in [0.05, 0.1) is 19.8 Å². The smallest absolute Gasteiger partial charge is 0.308 e. The van der Waals surface area contributed by atoms with Crippen LogP contribution in [0.5, 0.6) is 0 Å². The molecule has 3 aliphatic rings. The Kier molecular flexibility index (Phi) is 13.7. The molecule has 0 bridgehead atoms. The predicted octanol–water partition coefficient (Wildman–Crippen LogP) is -4.66. The molecule has 3 saturated heterocycles. The SMILES string of the molecule is [2H]C(CCCCCC)C(=O)OC1O[C@H](CO[C@@H]2O[C@H](CO)[C@@H](O)[C@H](O)[C@H]2O)[C@@H](O)[C@H](O)[C@H]1O[C@@H]1O[C@H](CO)[C@@H](O)[C@H](O)[C@H]1O. The first-order valence-electron chi connectivity index (χ1n) is 15.0. The van der Waals surface area contributed by atoms with Crippen molar-refractivity contribution in [1.82, 2.24) is 0 Å². The second-order valence-electron chi connectivity index (χ2n) is 10.8. The number of aliphatic hydroxyl groups is 10.